The van der Waals surface area contributed by atoms with E-state index in [0.717, 1.165) is 5.56 Å². The van der Waals surface area contributed by atoms with Crippen molar-refractivity contribution in [1.29, 1.82) is 0 Å². The maximum atomic E-state index is 13.1. The topological polar surface area (TPSA) is 23.5 Å². The number of aliphatic hydroxyl groups is 1. The van der Waals surface area contributed by atoms with Gasteiger partial charge in [-0.05, 0) is 31.2 Å². The standard InChI is InChI=1S/C10H12FNO/c1-6-3-7-5-12(2)10(13)8(7)4-9(6)11/h3-4,10,13H,5H2,1-2H3. The highest BCUT2D eigenvalue weighted by Crippen LogP contribution is 2.31. The van der Waals surface area contributed by atoms with Crippen molar-refractivity contribution in [1.82, 2.24) is 4.90 Å². The largest absolute Gasteiger partial charge is 0.374 e. The molecule has 1 heterocycles. The van der Waals surface area contributed by atoms with Crippen molar-refractivity contribution < 1.29 is 9.50 Å². The van der Waals surface area contributed by atoms with E-state index >= 15 is 0 Å². The van der Waals surface area contributed by atoms with Gasteiger partial charge < -0.3 is 5.11 Å². The number of rotatable bonds is 0. The van der Waals surface area contributed by atoms with Crippen LogP contribution in [0.1, 0.15) is 22.9 Å². The van der Waals surface area contributed by atoms with Crippen molar-refractivity contribution in [2.45, 2.75) is 19.7 Å². The van der Waals surface area contributed by atoms with E-state index in [1.807, 2.05) is 7.05 Å². The summed E-state index contributed by atoms with van der Waals surface area (Å²) in [7, 11) is 1.82. The zero-order valence-corrected chi connectivity index (χ0v) is 7.71. The first-order valence-corrected chi connectivity index (χ1v) is 4.27. The lowest BCUT2D eigenvalue weighted by Gasteiger charge is -2.12. The predicted molar refractivity (Wildman–Crippen MR) is 47.6 cm³/mol. The first-order valence-electron chi connectivity index (χ1n) is 4.27. The summed E-state index contributed by atoms with van der Waals surface area (Å²) >= 11 is 0. The molecule has 0 amide bonds. The number of hydrogen-bond donors (Lipinski definition) is 1. The molecular formula is C10H12FNO. The number of aryl methyl sites for hydroxylation is 1. The van der Waals surface area contributed by atoms with Gasteiger partial charge in [0.15, 0.2) is 0 Å². The van der Waals surface area contributed by atoms with E-state index in [4.69, 9.17) is 0 Å². The number of hydrogen-bond acceptors (Lipinski definition) is 2. The summed E-state index contributed by atoms with van der Waals surface area (Å²) in [6.07, 6.45) is -0.648. The van der Waals surface area contributed by atoms with E-state index in [0.29, 0.717) is 17.7 Å². The van der Waals surface area contributed by atoms with E-state index in [1.165, 1.54) is 6.07 Å². The highest BCUT2D eigenvalue weighted by molar-refractivity contribution is 5.36. The fourth-order valence-electron chi connectivity index (χ4n) is 1.73. The van der Waals surface area contributed by atoms with Crippen LogP contribution in [0.2, 0.25) is 0 Å². The van der Waals surface area contributed by atoms with Crippen molar-refractivity contribution >= 4 is 0 Å². The molecule has 0 saturated carbocycles. The van der Waals surface area contributed by atoms with E-state index in [-0.39, 0.29) is 5.82 Å². The van der Waals surface area contributed by atoms with Gasteiger partial charge in [0, 0.05) is 12.1 Å². The first kappa shape index (κ1) is 8.66. The molecule has 70 valence electrons. The van der Waals surface area contributed by atoms with Crippen molar-refractivity contribution in [3.05, 3.63) is 34.6 Å². The molecule has 3 heteroatoms. The summed E-state index contributed by atoms with van der Waals surface area (Å²) in [6.45, 7) is 2.43. The quantitative estimate of drug-likeness (QED) is 0.656. The first-order chi connectivity index (χ1) is 6.09. The van der Waals surface area contributed by atoms with Crippen LogP contribution < -0.4 is 0 Å². The summed E-state index contributed by atoms with van der Waals surface area (Å²) in [5.74, 6) is -0.243. The van der Waals surface area contributed by atoms with E-state index in [9.17, 15) is 9.50 Å². The lowest BCUT2D eigenvalue weighted by Crippen LogP contribution is -2.15. The third kappa shape index (κ3) is 1.24. The zero-order valence-electron chi connectivity index (χ0n) is 7.71. The molecule has 2 rings (SSSR count). The second-order valence-electron chi connectivity index (χ2n) is 3.59. The van der Waals surface area contributed by atoms with Gasteiger partial charge in [-0.3, -0.25) is 4.90 Å². The Hall–Kier alpha value is -0.930. The Kier molecular flexibility index (Phi) is 1.86. The number of benzene rings is 1. The fourth-order valence-corrected chi connectivity index (χ4v) is 1.73. The minimum atomic E-state index is -0.648. The molecule has 0 aliphatic carbocycles. The minimum Gasteiger partial charge on any atom is -0.374 e. The number of fused-ring (bicyclic) bond motifs is 1. The zero-order chi connectivity index (χ0) is 9.59. The summed E-state index contributed by atoms with van der Waals surface area (Å²) in [4.78, 5) is 1.78. The normalized spacial score (nSPS) is 22.0. The maximum absolute atomic E-state index is 13.1. The molecule has 1 aromatic rings. The molecule has 0 fully saturated rings. The van der Waals surface area contributed by atoms with E-state index < -0.39 is 6.23 Å². The third-order valence-electron chi connectivity index (χ3n) is 2.54. The Morgan fingerprint density at radius 2 is 2.23 bits per heavy atom. The van der Waals surface area contributed by atoms with Gasteiger partial charge in [0.2, 0.25) is 0 Å². The van der Waals surface area contributed by atoms with Gasteiger partial charge in [-0.2, -0.15) is 0 Å². The maximum Gasteiger partial charge on any atom is 0.134 e. The highest BCUT2D eigenvalue weighted by atomic mass is 19.1. The summed E-state index contributed by atoms with van der Waals surface area (Å²) < 4.78 is 13.1. The molecule has 1 aliphatic rings. The molecule has 1 N–H and O–H groups in total. The average Bonchev–Trinajstić information content (AvgIpc) is 2.32. The number of aliphatic hydroxyl groups excluding tert-OH is 1. The summed E-state index contributed by atoms with van der Waals surface area (Å²) in [5.41, 5.74) is 2.36. The van der Waals surface area contributed by atoms with Crippen LogP contribution in [0.4, 0.5) is 4.39 Å². The van der Waals surface area contributed by atoms with Gasteiger partial charge in [-0.25, -0.2) is 4.39 Å². The van der Waals surface area contributed by atoms with Crippen LogP contribution in [0.3, 0.4) is 0 Å². The summed E-state index contributed by atoms with van der Waals surface area (Å²) in [6, 6.07) is 3.23. The van der Waals surface area contributed by atoms with Crippen molar-refractivity contribution in [3.63, 3.8) is 0 Å². The lowest BCUT2D eigenvalue weighted by molar-refractivity contribution is 0.0336. The Morgan fingerprint density at radius 3 is 2.92 bits per heavy atom. The molecule has 1 atom stereocenters. The van der Waals surface area contributed by atoms with Gasteiger partial charge in [-0.1, -0.05) is 6.07 Å². The second-order valence-corrected chi connectivity index (χ2v) is 3.59. The van der Waals surface area contributed by atoms with Crippen LogP contribution in [0.5, 0.6) is 0 Å². The monoisotopic (exact) mass is 181 g/mol. The number of halogens is 1. The molecular weight excluding hydrogens is 169 g/mol. The van der Waals surface area contributed by atoms with Crippen LogP contribution in [0.15, 0.2) is 12.1 Å². The predicted octanol–water partition coefficient (Wildman–Crippen LogP) is 1.57. The molecule has 0 radical (unpaired) electrons. The van der Waals surface area contributed by atoms with Gasteiger partial charge in [0.25, 0.3) is 0 Å². The Bertz CT molecular complexity index is 351. The third-order valence-corrected chi connectivity index (χ3v) is 2.54. The van der Waals surface area contributed by atoms with Crippen LogP contribution in [0.25, 0.3) is 0 Å². The molecule has 0 saturated heterocycles. The molecule has 0 aromatic heterocycles. The van der Waals surface area contributed by atoms with Crippen molar-refractivity contribution in [2.24, 2.45) is 0 Å². The molecule has 1 aliphatic heterocycles. The minimum absolute atomic E-state index is 0.243. The Labute approximate surface area is 76.6 Å². The second kappa shape index (κ2) is 2.79. The van der Waals surface area contributed by atoms with Crippen LogP contribution in [0, 0.1) is 12.7 Å². The van der Waals surface area contributed by atoms with E-state index in [2.05, 4.69) is 0 Å². The molecule has 2 nitrogen and oxygen atoms in total. The molecule has 0 bridgehead atoms. The molecule has 0 spiro atoms. The van der Waals surface area contributed by atoms with Crippen LogP contribution in [-0.2, 0) is 6.54 Å². The van der Waals surface area contributed by atoms with Crippen LogP contribution in [-0.4, -0.2) is 17.1 Å². The molecule has 1 unspecified atom stereocenters. The van der Waals surface area contributed by atoms with E-state index in [1.54, 1.807) is 17.9 Å². The lowest BCUT2D eigenvalue weighted by atomic mass is 10.1. The number of nitrogens with zero attached hydrogens (tertiary/aromatic N) is 1. The van der Waals surface area contributed by atoms with Crippen LogP contribution >= 0.6 is 0 Å². The van der Waals surface area contributed by atoms with Crippen molar-refractivity contribution in [3.8, 4) is 0 Å². The molecule has 13 heavy (non-hydrogen) atoms. The fraction of sp³-hybridized carbons (Fsp3) is 0.400. The summed E-state index contributed by atoms with van der Waals surface area (Å²) in [5, 5.41) is 9.62. The average molecular weight is 181 g/mol. The molecule has 1 aromatic carbocycles. The SMILES string of the molecule is Cc1cc2c(cc1F)C(O)N(C)C2. The van der Waals surface area contributed by atoms with Crippen molar-refractivity contribution in [2.75, 3.05) is 7.05 Å². The smallest absolute Gasteiger partial charge is 0.134 e. The van der Waals surface area contributed by atoms with Gasteiger partial charge in [0.1, 0.15) is 12.0 Å². The van der Waals surface area contributed by atoms with Gasteiger partial charge in [-0.15, -0.1) is 0 Å². The van der Waals surface area contributed by atoms with Gasteiger partial charge >= 0.3 is 0 Å². The van der Waals surface area contributed by atoms with Gasteiger partial charge in [0.05, 0.1) is 0 Å². The highest BCUT2D eigenvalue weighted by Gasteiger charge is 2.26. The Morgan fingerprint density at radius 1 is 1.54 bits per heavy atom. The Balaban J connectivity index is 2.53.